The molecule has 2 unspecified atom stereocenters. The highest BCUT2D eigenvalue weighted by Crippen LogP contribution is 2.43. The van der Waals surface area contributed by atoms with E-state index in [1.165, 1.54) is 0 Å². The van der Waals surface area contributed by atoms with E-state index in [-0.39, 0.29) is 12.1 Å². The molecule has 0 radical (unpaired) electrons. The van der Waals surface area contributed by atoms with Crippen molar-refractivity contribution in [3.8, 4) is 11.1 Å². The SMILES string of the molecule is COCc1nc(N2CC(OC)CC2c2nc(C)no2)c2c(-c3ccccc3)csc2n1. The van der Waals surface area contributed by atoms with Crippen LogP contribution in [0.3, 0.4) is 0 Å². The lowest BCUT2D eigenvalue weighted by Gasteiger charge is -2.24. The van der Waals surface area contributed by atoms with Gasteiger partial charge in [0, 0.05) is 38.1 Å². The second-order valence-electron chi connectivity index (χ2n) is 7.53. The molecular weight excluding hydrogens is 414 g/mol. The van der Waals surface area contributed by atoms with Crippen LogP contribution in [0.2, 0.25) is 0 Å². The average Bonchev–Trinajstić information content (AvgIpc) is 3.51. The molecule has 9 heteroatoms. The minimum absolute atomic E-state index is 0.0342. The molecule has 5 rings (SSSR count). The Morgan fingerprint density at radius 3 is 2.71 bits per heavy atom. The van der Waals surface area contributed by atoms with Crippen LogP contribution in [0.5, 0.6) is 0 Å². The highest BCUT2D eigenvalue weighted by molar-refractivity contribution is 7.17. The smallest absolute Gasteiger partial charge is 0.249 e. The lowest BCUT2D eigenvalue weighted by Crippen LogP contribution is -2.26. The molecule has 1 aliphatic rings. The predicted molar refractivity (Wildman–Crippen MR) is 118 cm³/mol. The van der Waals surface area contributed by atoms with Gasteiger partial charge in [-0.15, -0.1) is 11.3 Å². The normalized spacial score (nSPS) is 18.9. The van der Waals surface area contributed by atoms with Crippen molar-refractivity contribution in [2.24, 2.45) is 0 Å². The van der Waals surface area contributed by atoms with Gasteiger partial charge in [-0.1, -0.05) is 35.5 Å². The Kier molecular flexibility index (Phi) is 5.39. The van der Waals surface area contributed by atoms with Crippen molar-refractivity contribution in [3.63, 3.8) is 0 Å². The maximum absolute atomic E-state index is 5.71. The third kappa shape index (κ3) is 3.69. The highest BCUT2D eigenvalue weighted by atomic mass is 32.1. The van der Waals surface area contributed by atoms with Crippen molar-refractivity contribution in [2.45, 2.75) is 32.1 Å². The number of thiophene rings is 1. The van der Waals surface area contributed by atoms with Crippen LogP contribution in [0.25, 0.3) is 21.3 Å². The summed E-state index contributed by atoms with van der Waals surface area (Å²) in [7, 11) is 3.38. The molecule has 2 atom stereocenters. The minimum Gasteiger partial charge on any atom is -0.380 e. The summed E-state index contributed by atoms with van der Waals surface area (Å²) in [5.74, 6) is 2.68. The standard InChI is InChI=1S/C22H23N5O3S/c1-13-23-21(30-26-13)17-9-15(29-3)10-27(17)20-19-16(14-7-5-4-6-8-14)12-31-22(19)25-18(24-20)11-28-2/h4-8,12,15,17H,9-11H2,1-3H3. The van der Waals surface area contributed by atoms with Crippen molar-refractivity contribution in [1.29, 1.82) is 0 Å². The fourth-order valence-corrected chi connectivity index (χ4v) is 5.04. The first-order chi connectivity index (χ1) is 15.2. The number of rotatable bonds is 6. The van der Waals surface area contributed by atoms with E-state index in [9.17, 15) is 0 Å². The second kappa shape index (κ2) is 8.33. The van der Waals surface area contributed by atoms with E-state index in [0.29, 0.717) is 30.7 Å². The summed E-state index contributed by atoms with van der Waals surface area (Å²) >= 11 is 1.61. The summed E-state index contributed by atoms with van der Waals surface area (Å²) in [4.78, 5) is 17.3. The van der Waals surface area contributed by atoms with Gasteiger partial charge >= 0.3 is 0 Å². The Balaban J connectivity index is 1.70. The number of anilines is 1. The molecule has 4 heterocycles. The number of hydrogen-bond donors (Lipinski definition) is 0. The Hall–Kier alpha value is -2.88. The van der Waals surface area contributed by atoms with Crippen LogP contribution in [0, 0.1) is 6.92 Å². The van der Waals surface area contributed by atoms with Gasteiger partial charge in [0.2, 0.25) is 5.89 Å². The summed E-state index contributed by atoms with van der Waals surface area (Å²) in [6, 6.07) is 10.2. The maximum atomic E-state index is 5.71. The summed E-state index contributed by atoms with van der Waals surface area (Å²) < 4.78 is 16.6. The molecular formula is C22H23N5O3S. The summed E-state index contributed by atoms with van der Waals surface area (Å²) in [5.41, 5.74) is 2.24. The quantitative estimate of drug-likeness (QED) is 0.444. The number of aromatic nitrogens is 4. The molecule has 1 aromatic carbocycles. The minimum atomic E-state index is -0.122. The molecule has 0 spiro atoms. The first kappa shape index (κ1) is 20.0. The lowest BCUT2D eigenvalue weighted by molar-refractivity contribution is 0.117. The first-order valence-electron chi connectivity index (χ1n) is 10.1. The Morgan fingerprint density at radius 1 is 1.16 bits per heavy atom. The Morgan fingerprint density at radius 2 is 2.00 bits per heavy atom. The van der Waals surface area contributed by atoms with E-state index in [1.807, 2.05) is 25.1 Å². The molecule has 3 aromatic heterocycles. The maximum Gasteiger partial charge on any atom is 0.249 e. The average molecular weight is 438 g/mol. The molecule has 0 saturated carbocycles. The second-order valence-corrected chi connectivity index (χ2v) is 8.39. The molecule has 0 bridgehead atoms. The van der Waals surface area contributed by atoms with Crippen molar-refractivity contribution in [3.05, 3.63) is 53.3 Å². The van der Waals surface area contributed by atoms with E-state index >= 15 is 0 Å². The first-order valence-corrected chi connectivity index (χ1v) is 11.0. The molecule has 1 fully saturated rings. The largest absolute Gasteiger partial charge is 0.380 e. The third-order valence-corrected chi connectivity index (χ3v) is 6.39. The van der Waals surface area contributed by atoms with Gasteiger partial charge in [0.05, 0.1) is 11.5 Å². The molecule has 0 aliphatic carbocycles. The monoisotopic (exact) mass is 437 g/mol. The van der Waals surface area contributed by atoms with Crippen LogP contribution < -0.4 is 4.90 Å². The van der Waals surface area contributed by atoms with Crippen molar-refractivity contribution in [1.82, 2.24) is 20.1 Å². The fraction of sp³-hybridized carbons (Fsp3) is 0.364. The van der Waals surface area contributed by atoms with Gasteiger partial charge in [0.25, 0.3) is 0 Å². The predicted octanol–water partition coefficient (Wildman–Crippen LogP) is 4.16. The zero-order valence-corrected chi connectivity index (χ0v) is 18.4. The zero-order chi connectivity index (χ0) is 21.4. The molecule has 4 aromatic rings. The molecule has 31 heavy (non-hydrogen) atoms. The van der Waals surface area contributed by atoms with Crippen LogP contribution in [0.4, 0.5) is 5.82 Å². The van der Waals surface area contributed by atoms with E-state index in [4.69, 9.17) is 24.0 Å². The van der Waals surface area contributed by atoms with Gasteiger partial charge in [-0.05, 0) is 12.5 Å². The molecule has 160 valence electrons. The number of aryl methyl sites for hydroxylation is 1. The Labute approximate surface area is 183 Å². The van der Waals surface area contributed by atoms with Gasteiger partial charge in [-0.3, -0.25) is 0 Å². The molecule has 0 amide bonds. The lowest BCUT2D eigenvalue weighted by atomic mass is 10.1. The number of nitrogens with zero attached hydrogens (tertiary/aromatic N) is 5. The number of hydrogen-bond acceptors (Lipinski definition) is 9. The van der Waals surface area contributed by atoms with Gasteiger partial charge in [0.1, 0.15) is 23.3 Å². The van der Waals surface area contributed by atoms with Gasteiger partial charge in [-0.25, -0.2) is 9.97 Å². The van der Waals surface area contributed by atoms with E-state index in [2.05, 4.69) is 32.6 Å². The van der Waals surface area contributed by atoms with Crippen LogP contribution in [0.1, 0.15) is 30.0 Å². The number of methoxy groups -OCH3 is 2. The topological polar surface area (TPSA) is 86.4 Å². The number of ether oxygens (including phenoxy) is 2. The molecule has 0 N–H and O–H groups in total. The summed E-state index contributed by atoms with van der Waals surface area (Å²) in [6.45, 7) is 2.84. The van der Waals surface area contributed by atoms with Crippen molar-refractivity contribution in [2.75, 3.05) is 25.7 Å². The summed E-state index contributed by atoms with van der Waals surface area (Å²) in [5, 5.41) is 7.17. The zero-order valence-electron chi connectivity index (χ0n) is 17.6. The van der Waals surface area contributed by atoms with Crippen LogP contribution >= 0.6 is 11.3 Å². The van der Waals surface area contributed by atoms with Crippen molar-refractivity contribution < 1.29 is 14.0 Å². The highest BCUT2D eigenvalue weighted by Gasteiger charge is 2.39. The van der Waals surface area contributed by atoms with Gasteiger partial charge in [0.15, 0.2) is 11.6 Å². The van der Waals surface area contributed by atoms with E-state index < -0.39 is 0 Å². The van der Waals surface area contributed by atoms with E-state index in [0.717, 1.165) is 33.6 Å². The molecule has 1 aliphatic heterocycles. The van der Waals surface area contributed by atoms with Crippen molar-refractivity contribution >= 4 is 27.4 Å². The fourth-order valence-electron chi connectivity index (χ4n) is 4.08. The number of benzene rings is 1. The summed E-state index contributed by atoms with van der Waals surface area (Å²) in [6.07, 6.45) is 0.778. The van der Waals surface area contributed by atoms with Gasteiger partial charge < -0.3 is 18.9 Å². The van der Waals surface area contributed by atoms with Crippen LogP contribution in [0.15, 0.2) is 40.2 Å². The molecule has 1 saturated heterocycles. The van der Waals surface area contributed by atoms with E-state index in [1.54, 1.807) is 25.6 Å². The third-order valence-electron chi connectivity index (χ3n) is 5.52. The van der Waals surface area contributed by atoms with Gasteiger partial charge in [-0.2, -0.15) is 4.98 Å². The van der Waals surface area contributed by atoms with Crippen LogP contribution in [-0.2, 0) is 16.1 Å². The Bertz CT molecular complexity index is 1190. The molecule has 8 nitrogen and oxygen atoms in total. The number of fused-ring (bicyclic) bond motifs is 1. The van der Waals surface area contributed by atoms with Crippen LogP contribution in [-0.4, -0.2) is 47.0 Å².